The largest absolute Gasteiger partial charge is 0.309 e. The van der Waals surface area contributed by atoms with Crippen molar-refractivity contribution in [1.82, 2.24) is 9.13 Å². The molecule has 0 aliphatic heterocycles. The highest BCUT2D eigenvalue weighted by molar-refractivity contribution is 7.20. The Morgan fingerprint density at radius 1 is 0.286 bits per heavy atom. The maximum atomic E-state index is 2.61. The maximum Gasteiger partial charge on any atom is 0.181 e. The summed E-state index contributed by atoms with van der Waals surface area (Å²) in [5, 5.41) is 10.4. The monoisotopic (exact) mass is 818 g/mol. The van der Waals surface area contributed by atoms with Gasteiger partial charge in [0.05, 0.1) is 33.4 Å². The molecule has 0 saturated heterocycles. The molecular weight excluding hydrogens is 777 g/mol. The Kier molecular flexibility index (Phi) is 8.87. The zero-order valence-corrected chi connectivity index (χ0v) is 35.6. The van der Waals surface area contributed by atoms with E-state index in [1.165, 1.54) is 86.8 Å². The van der Waals surface area contributed by atoms with Crippen molar-refractivity contribution in [1.29, 1.82) is 0 Å². The molecule has 3 heteroatoms. The molecule has 0 spiro atoms. The smallest absolute Gasteiger partial charge is 0.181 e. The standard InChI is InChI=1S/C60H42N2Si/c1-6-23-43(24-7-1)48-35-20-39-54(58(48)44-25-8-2-9-26-44)61-53-38-19-17-34-51(53)59-55(61)40-22-41-56(59)62-52-37-18-16-33-49(52)50-36-21-42-57(60(50)62)63(45-27-10-3-11-28-45,46-29-12-4-13-30-46)47-31-14-5-15-32-47/h1-42H. The second kappa shape index (κ2) is 15.2. The molecule has 2 nitrogen and oxygen atoms in total. The van der Waals surface area contributed by atoms with E-state index in [2.05, 4.69) is 264 Å². The van der Waals surface area contributed by atoms with E-state index in [0.29, 0.717) is 0 Å². The third-order valence-corrected chi connectivity index (χ3v) is 17.9. The highest BCUT2D eigenvalue weighted by Crippen LogP contribution is 2.43. The number of para-hydroxylation sites is 3. The van der Waals surface area contributed by atoms with Crippen LogP contribution in [0.5, 0.6) is 0 Å². The number of hydrogen-bond acceptors (Lipinski definition) is 0. The van der Waals surface area contributed by atoms with Gasteiger partial charge in [0.25, 0.3) is 0 Å². The van der Waals surface area contributed by atoms with Gasteiger partial charge in [0.2, 0.25) is 0 Å². The van der Waals surface area contributed by atoms with Crippen molar-refractivity contribution < 1.29 is 0 Å². The molecule has 0 amide bonds. The number of benzene rings is 10. The molecule has 0 aliphatic rings. The minimum Gasteiger partial charge on any atom is -0.309 e. The Morgan fingerprint density at radius 2 is 0.730 bits per heavy atom. The van der Waals surface area contributed by atoms with Gasteiger partial charge in [-0.25, -0.2) is 0 Å². The lowest BCUT2D eigenvalue weighted by Gasteiger charge is -2.35. The van der Waals surface area contributed by atoms with E-state index in [1.807, 2.05) is 0 Å². The van der Waals surface area contributed by atoms with Gasteiger partial charge < -0.3 is 9.13 Å². The predicted octanol–water partition coefficient (Wildman–Crippen LogP) is 12.6. The SMILES string of the molecule is c1ccc(-c2cccc(-n3c4ccccc4c4c(-n5c6ccccc6c6cccc([Si](c7ccccc7)(c7ccccc7)c7ccccc7)c65)cccc43)c2-c2ccccc2)cc1. The fourth-order valence-corrected chi connectivity index (χ4v) is 15.5. The first-order chi connectivity index (χ1) is 31.3. The first kappa shape index (κ1) is 36.8. The van der Waals surface area contributed by atoms with Crippen molar-refractivity contribution in [3.63, 3.8) is 0 Å². The molecule has 0 unspecified atom stereocenters. The summed E-state index contributed by atoms with van der Waals surface area (Å²) in [7, 11) is -2.97. The molecule has 296 valence electrons. The molecule has 63 heavy (non-hydrogen) atoms. The van der Waals surface area contributed by atoms with Crippen molar-refractivity contribution in [2.24, 2.45) is 0 Å². The van der Waals surface area contributed by atoms with Gasteiger partial charge in [0, 0.05) is 27.1 Å². The lowest BCUT2D eigenvalue weighted by atomic mass is 9.93. The average molecular weight is 819 g/mol. The van der Waals surface area contributed by atoms with Crippen LogP contribution < -0.4 is 20.7 Å². The second-order valence-corrected chi connectivity index (χ2v) is 20.1. The van der Waals surface area contributed by atoms with Crippen LogP contribution in [-0.4, -0.2) is 17.2 Å². The van der Waals surface area contributed by atoms with Crippen molar-refractivity contribution in [2.45, 2.75) is 0 Å². The van der Waals surface area contributed by atoms with E-state index in [4.69, 9.17) is 0 Å². The maximum absolute atomic E-state index is 2.97. The predicted molar refractivity (Wildman–Crippen MR) is 270 cm³/mol. The van der Waals surface area contributed by atoms with Crippen LogP contribution in [0.4, 0.5) is 0 Å². The van der Waals surface area contributed by atoms with Crippen molar-refractivity contribution in [3.05, 3.63) is 255 Å². The van der Waals surface area contributed by atoms with E-state index >= 15 is 0 Å². The summed E-state index contributed by atoms with van der Waals surface area (Å²) >= 11 is 0. The van der Waals surface area contributed by atoms with E-state index in [1.54, 1.807) is 0 Å². The lowest BCUT2D eigenvalue weighted by Crippen LogP contribution is -2.75. The summed E-state index contributed by atoms with van der Waals surface area (Å²) in [6.45, 7) is 0. The number of hydrogen-bond donors (Lipinski definition) is 0. The van der Waals surface area contributed by atoms with Crippen LogP contribution in [0.2, 0.25) is 0 Å². The third kappa shape index (κ3) is 5.71. The number of rotatable bonds is 8. The Morgan fingerprint density at radius 3 is 1.35 bits per heavy atom. The van der Waals surface area contributed by atoms with Crippen LogP contribution in [0, 0.1) is 0 Å². The van der Waals surface area contributed by atoms with E-state index in [0.717, 1.165) is 11.2 Å². The van der Waals surface area contributed by atoms with E-state index < -0.39 is 8.07 Å². The zero-order chi connectivity index (χ0) is 41.7. The van der Waals surface area contributed by atoms with E-state index in [-0.39, 0.29) is 0 Å². The molecular formula is C60H42N2Si. The zero-order valence-electron chi connectivity index (χ0n) is 34.6. The summed E-state index contributed by atoms with van der Waals surface area (Å²) in [6, 6.07) is 94.3. The quantitative estimate of drug-likeness (QED) is 0.107. The topological polar surface area (TPSA) is 9.86 Å². The molecule has 0 radical (unpaired) electrons. The van der Waals surface area contributed by atoms with E-state index in [9.17, 15) is 0 Å². The van der Waals surface area contributed by atoms with Gasteiger partial charge in [-0.15, -0.1) is 0 Å². The lowest BCUT2D eigenvalue weighted by molar-refractivity contribution is 1.17. The van der Waals surface area contributed by atoms with Crippen molar-refractivity contribution in [2.75, 3.05) is 0 Å². The van der Waals surface area contributed by atoms with Gasteiger partial charge in [-0.2, -0.15) is 0 Å². The van der Waals surface area contributed by atoms with Gasteiger partial charge in [0.15, 0.2) is 8.07 Å². The molecule has 2 heterocycles. The Bertz CT molecular complexity index is 3500. The summed E-state index contributed by atoms with van der Waals surface area (Å²) in [5.74, 6) is 0. The second-order valence-electron chi connectivity index (χ2n) is 16.4. The Labute approximate surface area is 368 Å². The number of aromatic nitrogens is 2. The molecule has 0 atom stereocenters. The molecule has 0 aliphatic carbocycles. The Balaban J connectivity index is 1.23. The van der Waals surface area contributed by atoms with Gasteiger partial charge >= 0.3 is 0 Å². The Hall–Kier alpha value is -7.98. The average Bonchev–Trinajstić information content (AvgIpc) is 3.89. The van der Waals surface area contributed by atoms with Crippen LogP contribution in [-0.2, 0) is 0 Å². The summed E-state index contributed by atoms with van der Waals surface area (Å²) < 4.78 is 5.11. The minimum atomic E-state index is -2.97. The van der Waals surface area contributed by atoms with Crippen molar-refractivity contribution in [3.8, 4) is 33.6 Å². The van der Waals surface area contributed by atoms with Gasteiger partial charge in [0.1, 0.15) is 0 Å². The first-order valence-corrected chi connectivity index (χ1v) is 23.8. The van der Waals surface area contributed by atoms with Crippen LogP contribution in [0.25, 0.3) is 77.2 Å². The third-order valence-electron chi connectivity index (χ3n) is 13.1. The molecule has 0 fully saturated rings. The highest BCUT2D eigenvalue weighted by Gasteiger charge is 2.43. The minimum absolute atomic E-state index is 1.15. The molecule has 2 aromatic heterocycles. The van der Waals surface area contributed by atoms with Crippen LogP contribution in [0.3, 0.4) is 0 Å². The molecule has 0 bridgehead atoms. The summed E-state index contributed by atoms with van der Waals surface area (Å²) in [4.78, 5) is 0. The molecule has 12 aromatic rings. The van der Waals surface area contributed by atoms with Gasteiger partial charge in [-0.1, -0.05) is 224 Å². The van der Waals surface area contributed by atoms with Crippen LogP contribution in [0.1, 0.15) is 0 Å². The molecule has 10 aromatic carbocycles. The van der Waals surface area contributed by atoms with Gasteiger partial charge in [-0.05, 0) is 67.8 Å². The summed E-state index contributed by atoms with van der Waals surface area (Å²) in [6.07, 6.45) is 0. The summed E-state index contributed by atoms with van der Waals surface area (Å²) in [5.41, 5.74) is 11.9. The molecule has 12 rings (SSSR count). The fraction of sp³-hybridized carbons (Fsp3) is 0. The van der Waals surface area contributed by atoms with Crippen LogP contribution >= 0.6 is 0 Å². The van der Waals surface area contributed by atoms with Crippen molar-refractivity contribution >= 4 is 72.4 Å². The van der Waals surface area contributed by atoms with Gasteiger partial charge in [-0.3, -0.25) is 0 Å². The fourth-order valence-electron chi connectivity index (χ4n) is 10.5. The molecule has 0 saturated carbocycles. The molecule has 0 N–H and O–H groups in total. The normalized spacial score (nSPS) is 11.8. The number of nitrogens with zero attached hydrogens (tertiary/aromatic N) is 2. The van der Waals surface area contributed by atoms with Crippen LogP contribution in [0.15, 0.2) is 255 Å². The highest BCUT2D eigenvalue weighted by atomic mass is 28.3. The first-order valence-electron chi connectivity index (χ1n) is 21.8. The number of fused-ring (bicyclic) bond motifs is 6.